The number of carbonyl (C=O) groups is 4. The number of rotatable bonds is 28. The van der Waals surface area contributed by atoms with Gasteiger partial charge in [-0.05, 0) is 60.7 Å². The normalized spacial score (nSPS) is 10.0. The zero-order chi connectivity index (χ0) is 55.0. The molecule has 0 saturated carbocycles. The topological polar surface area (TPSA) is 334 Å². The number of phenolic OH excluding ortho intramolecular Hbond substituents is 4. The molecule has 0 aliphatic rings. The number of nitrogens with one attached hydrogen (secondary N) is 4. The molecule has 424 valence electrons. The average molecular weight is 1090 g/mol. The number of aromatic hydroxyl groups is 4. The van der Waals surface area contributed by atoms with Gasteiger partial charge in [0.2, 0.25) is 23.6 Å². The summed E-state index contributed by atoms with van der Waals surface area (Å²) in [6.07, 6.45) is -0.275. The summed E-state index contributed by atoms with van der Waals surface area (Å²) >= 11 is 0. The quantitative estimate of drug-likeness (QED) is 0.0102. The first-order chi connectivity index (χ1) is 36.1. The molecule has 5 aromatic carbocycles. The number of hydrogen-bond donors (Lipinski definition) is 9. The Balaban J connectivity index is 0.000000622. The van der Waals surface area contributed by atoms with Gasteiger partial charge in [0.05, 0.1) is 0 Å². The number of nitrogen functional groups attached to an aromatic ring is 1. The molecule has 0 heterocycles. The van der Waals surface area contributed by atoms with E-state index >= 15 is 0 Å². The van der Waals surface area contributed by atoms with Gasteiger partial charge in [-0.25, -0.2) is 0 Å². The van der Waals surface area contributed by atoms with Gasteiger partial charge in [0, 0.05) is 127 Å². The van der Waals surface area contributed by atoms with Gasteiger partial charge >= 0.3 is 0 Å². The standard InChI is InChI=1S/C24H32N2O10.C16H16N2O6.C10H15NO4.2CH4/c1-29-13-33-19-7-5-17(11-21(19)35-15-31-3)25-23(27)9-10-24(28)26-18-6-8-20(34-14-30-2)22(12-18)36-16-32-4;19-11-3-1-9(7-13(11)21)17-15(23)5-6-16(24)18-10-2-4-12(20)14(22)8-10;1-12-6-14-9-4-3-8(11)5-10(9)15-7-13-2;;/h5-8,11-12H,9-10,13-16H2,1-4H3,(H,25,27)(H,26,28);1-4,7-8,19-22H,5-6H2,(H,17,23)(H,18,24);3-5H,6-7,11H2,1-2H3;2*1H4. The van der Waals surface area contributed by atoms with Crippen molar-refractivity contribution in [3.63, 3.8) is 0 Å². The second-order valence-corrected chi connectivity index (χ2v) is 14.9. The minimum atomic E-state index is -0.441. The Morgan fingerprint density at radius 2 is 0.597 bits per heavy atom. The third kappa shape index (κ3) is 25.6. The molecule has 4 amide bonds. The van der Waals surface area contributed by atoms with Crippen LogP contribution in [0.1, 0.15) is 40.5 Å². The number of benzene rings is 5. The van der Waals surface area contributed by atoms with Crippen molar-refractivity contribution in [3.8, 4) is 57.5 Å². The van der Waals surface area contributed by atoms with Gasteiger partial charge in [-0.2, -0.15) is 0 Å². The molecule has 0 radical (unpaired) electrons. The second kappa shape index (κ2) is 37.3. The Morgan fingerprint density at radius 1 is 0.351 bits per heavy atom. The molecule has 0 aliphatic carbocycles. The molecule has 0 saturated heterocycles. The lowest BCUT2D eigenvalue weighted by atomic mass is 10.2. The fraction of sp³-hybridized carbons (Fsp3) is 0.346. The summed E-state index contributed by atoms with van der Waals surface area (Å²) in [6, 6.07) is 22.5. The van der Waals surface area contributed by atoms with Gasteiger partial charge < -0.3 is 104 Å². The summed E-state index contributed by atoms with van der Waals surface area (Å²) in [6.45, 7) is 0.372. The van der Waals surface area contributed by atoms with Crippen molar-refractivity contribution in [2.24, 2.45) is 0 Å². The number of carbonyl (C=O) groups excluding carboxylic acids is 4. The van der Waals surface area contributed by atoms with Crippen LogP contribution in [0.15, 0.2) is 91.0 Å². The molecule has 10 N–H and O–H groups in total. The van der Waals surface area contributed by atoms with Crippen LogP contribution in [0.2, 0.25) is 0 Å². The molecular formula is C52H71N5O20. The van der Waals surface area contributed by atoms with E-state index in [-0.39, 0.29) is 116 Å². The molecule has 0 bridgehead atoms. The molecule has 0 unspecified atom stereocenters. The first-order valence-corrected chi connectivity index (χ1v) is 22.2. The van der Waals surface area contributed by atoms with E-state index in [2.05, 4.69) is 21.3 Å². The molecule has 25 nitrogen and oxygen atoms in total. The number of phenols is 4. The minimum Gasteiger partial charge on any atom is -0.504 e. The molecule has 0 aromatic heterocycles. The summed E-state index contributed by atoms with van der Waals surface area (Å²) in [7, 11) is 9.07. The lowest BCUT2D eigenvalue weighted by Crippen LogP contribution is -2.17. The summed E-state index contributed by atoms with van der Waals surface area (Å²) in [5.41, 5.74) is 7.75. The van der Waals surface area contributed by atoms with Crippen molar-refractivity contribution in [1.29, 1.82) is 0 Å². The van der Waals surface area contributed by atoms with Gasteiger partial charge in [0.15, 0.2) is 98.3 Å². The van der Waals surface area contributed by atoms with Crippen LogP contribution < -0.4 is 55.4 Å². The van der Waals surface area contributed by atoms with Crippen LogP contribution in [0.25, 0.3) is 0 Å². The number of amides is 4. The lowest BCUT2D eigenvalue weighted by molar-refractivity contribution is -0.121. The van der Waals surface area contributed by atoms with Crippen LogP contribution in [-0.2, 0) is 47.6 Å². The zero-order valence-corrected chi connectivity index (χ0v) is 42.1. The summed E-state index contributed by atoms with van der Waals surface area (Å²) in [5.74, 6) is -0.198. The highest BCUT2D eigenvalue weighted by Crippen LogP contribution is 2.33. The number of anilines is 5. The van der Waals surface area contributed by atoms with Gasteiger partial charge in [-0.3, -0.25) is 19.2 Å². The maximum absolute atomic E-state index is 12.4. The second-order valence-electron chi connectivity index (χ2n) is 14.9. The van der Waals surface area contributed by atoms with E-state index in [1.807, 2.05) is 0 Å². The van der Waals surface area contributed by atoms with Crippen molar-refractivity contribution >= 4 is 52.1 Å². The zero-order valence-electron chi connectivity index (χ0n) is 42.1. The van der Waals surface area contributed by atoms with Gasteiger partial charge in [0.25, 0.3) is 0 Å². The van der Waals surface area contributed by atoms with E-state index in [1.54, 1.807) is 68.8 Å². The van der Waals surface area contributed by atoms with Gasteiger partial charge in [-0.1, -0.05) is 14.9 Å². The number of ether oxygens (including phenoxy) is 12. The number of hydrogen-bond acceptors (Lipinski definition) is 21. The van der Waals surface area contributed by atoms with Crippen LogP contribution >= 0.6 is 0 Å². The molecule has 5 aromatic rings. The van der Waals surface area contributed by atoms with E-state index in [0.29, 0.717) is 62.9 Å². The molecule has 0 aliphatic heterocycles. The predicted molar refractivity (Wildman–Crippen MR) is 285 cm³/mol. The van der Waals surface area contributed by atoms with Crippen LogP contribution in [0.5, 0.6) is 57.5 Å². The first-order valence-electron chi connectivity index (χ1n) is 22.2. The lowest BCUT2D eigenvalue weighted by Gasteiger charge is -2.14. The van der Waals surface area contributed by atoms with E-state index < -0.39 is 11.8 Å². The maximum atomic E-state index is 12.4. The van der Waals surface area contributed by atoms with E-state index in [9.17, 15) is 39.6 Å². The maximum Gasteiger partial charge on any atom is 0.224 e. The smallest absolute Gasteiger partial charge is 0.224 e. The molecule has 0 fully saturated rings. The summed E-state index contributed by atoms with van der Waals surface area (Å²) in [5, 5.41) is 47.5. The Hall–Kier alpha value is -8.46. The molecule has 0 spiro atoms. The fourth-order valence-corrected chi connectivity index (χ4v) is 5.68. The monoisotopic (exact) mass is 1090 g/mol. The van der Waals surface area contributed by atoms with Crippen molar-refractivity contribution in [2.75, 3.05) is 110 Å². The average Bonchev–Trinajstić information content (AvgIpc) is 3.39. The van der Waals surface area contributed by atoms with Crippen LogP contribution in [0.3, 0.4) is 0 Å². The van der Waals surface area contributed by atoms with Gasteiger partial charge in [-0.15, -0.1) is 0 Å². The van der Waals surface area contributed by atoms with Crippen LogP contribution in [0.4, 0.5) is 28.4 Å². The highest BCUT2D eigenvalue weighted by atomic mass is 16.7. The third-order valence-corrected chi connectivity index (χ3v) is 9.09. The van der Waals surface area contributed by atoms with E-state index in [1.165, 1.54) is 64.8 Å². The highest BCUT2D eigenvalue weighted by molar-refractivity contribution is 5.98. The Kier molecular flexibility index (Phi) is 32.2. The number of nitrogens with two attached hydrogens (primary N) is 1. The predicted octanol–water partition coefficient (Wildman–Crippen LogP) is 7.35. The van der Waals surface area contributed by atoms with Crippen LogP contribution in [-0.4, -0.2) is 127 Å². The summed E-state index contributed by atoms with van der Waals surface area (Å²) < 4.78 is 61.6. The van der Waals surface area contributed by atoms with E-state index in [0.717, 1.165) is 0 Å². The molecular weight excluding hydrogens is 1010 g/mol. The van der Waals surface area contributed by atoms with Crippen molar-refractivity contribution in [1.82, 2.24) is 0 Å². The summed E-state index contributed by atoms with van der Waals surface area (Å²) in [4.78, 5) is 48.3. The van der Waals surface area contributed by atoms with Crippen molar-refractivity contribution < 1.29 is 96.4 Å². The van der Waals surface area contributed by atoms with Crippen molar-refractivity contribution in [2.45, 2.75) is 40.5 Å². The van der Waals surface area contributed by atoms with Crippen LogP contribution in [0, 0.1) is 0 Å². The molecule has 0 atom stereocenters. The SMILES string of the molecule is C.C.COCOc1ccc(N)cc1OCOC.COCOc1ccc(NC(=O)CCC(=O)Nc2ccc(OCOC)c(OCOC)c2)cc1OCOC.O=C(CCC(=O)Nc1ccc(O)c(O)c1)Nc1ccc(O)c(O)c1. The minimum absolute atomic E-state index is 0. The van der Waals surface area contributed by atoms with Gasteiger partial charge in [0.1, 0.15) is 0 Å². The van der Waals surface area contributed by atoms with Crippen molar-refractivity contribution in [3.05, 3.63) is 91.0 Å². The third-order valence-electron chi connectivity index (χ3n) is 9.09. The van der Waals surface area contributed by atoms with E-state index in [4.69, 9.17) is 62.6 Å². The molecule has 5 rings (SSSR count). The highest BCUT2D eigenvalue weighted by Gasteiger charge is 2.15. The largest absolute Gasteiger partial charge is 0.504 e. The Bertz CT molecular complexity index is 2430. The molecule has 77 heavy (non-hydrogen) atoms. The molecule has 25 heteroatoms. The first kappa shape index (κ1) is 66.6. The Labute approximate surface area is 446 Å². The fourth-order valence-electron chi connectivity index (χ4n) is 5.68. The number of methoxy groups -OCH3 is 6. The Morgan fingerprint density at radius 3 is 0.883 bits per heavy atom.